The summed E-state index contributed by atoms with van der Waals surface area (Å²) in [4.78, 5) is 44.0. The summed E-state index contributed by atoms with van der Waals surface area (Å²) in [7, 11) is 0. The Morgan fingerprint density at radius 1 is 1.16 bits per heavy atom. The van der Waals surface area contributed by atoms with Crippen LogP contribution in [0.2, 0.25) is 0 Å². The van der Waals surface area contributed by atoms with E-state index in [1.54, 1.807) is 4.90 Å². The van der Waals surface area contributed by atoms with E-state index < -0.39 is 41.1 Å². The molecule has 3 fully saturated rings. The Morgan fingerprint density at radius 2 is 1.87 bits per heavy atom. The highest BCUT2D eigenvalue weighted by atomic mass is 32.2. The van der Waals surface area contributed by atoms with Crippen LogP contribution < -0.4 is 5.32 Å². The summed E-state index contributed by atoms with van der Waals surface area (Å²) >= 11 is 1.51. The molecule has 38 heavy (non-hydrogen) atoms. The SMILES string of the molecule is Cc1ccccc1CN1C(=O)C2N(C(=O)[C@@H](O)[C@H](Cc3ccccc3)NC(=O)N3CC[C@@H](O)C3)CS[C@@]21C. The van der Waals surface area contributed by atoms with Gasteiger partial charge < -0.3 is 30.2 Å². The number of hydrogen-bond acceptors (Lipinski definition) is 6. The highest BCUT2D eigenvalue weighted by Crippen LogP contribution is 2.51. The summed E-state index contributed by atoms with van der Waals surface area (Å²) in [6.07, 6.45) is -1.38. The van der Waals surface area contributed by atoms with Crippen molar-refractivity contribution in [3.63, 3.8) is 0 Å². The number of β-lactam (4-membered cyclic amide) rings is 1. The molecular weight excluding hydrogens is 504 g/mol. The second kappa shape index (κ2) is 10.6. The van der Waals surface area contributed by atoms with E-state index >= 15 is 0 Å². The molecule has 5 atom stereocenters. The molecule has 3 saturated heterocycles. The van der Waals surface area contributed by atoms with Crippen molar-refractivity contribution in [2.24, 2.45) is 0 Å². The maximum absolute atomic E-state index is 13.6. The van der Waals surface area contributed by atoms with Crippen molar-refractivity contribution in [3.05, 3.63) is 71.3 Å². The van der Waals surface area contributed by atoms with Gasteiger partial charge in [0, 0.05) is 19.6 Å². The van der Waals surface area contributed by atoms with Gasteiger partial charge in [0.2, 0.25) is 5.91 Å². The molecule has 0 aliphatic carbocycles. The van der Waals surface area contributed by atoms with Crippen LogP contribution in [0.25, 0.3) is 0 Å². The van der Waals surface area contributed by atoms with E-state index in [-0.39, 0.29) is 24.7 Å². The second-order valence-corrected chi connectivity index (χ2v) is 11.8. The molecule has 5 rings (SSSR count). The molecule has 0 radical (unpaired) electrons. The van der Waals surface area contributed by atoms with Crippen molar-refractivity contribution in [1.29, 1.82) is 0 Å². The third-order valence-corrected chi connectivity index (χ3v) is 9.35. The first-order valence-corrected chi connectivity index (χ1v) is 13.9. The zero-order valence-corrected chi connectivity index (χ0v) is 22.4. The monoisotopic (exact) mass is 538 g/mol. The number of amides is 4. The minimum atomic E-state index is -1.53. The van der Waals surface area contributed by atoms with Crippen LogP contribution in [-0.2, 0) is 22.6 Å². The average Bonchev–Trinajstić information content (AvgIpc) is 3.49. The predicted octanol–water partition coefficient (Wildman–Crippen LogP) is 1.70. The molecule has 3 aliphatic rings. The fourth-order valence-electron chi connectivity index (χ4n) is 5.54. The molecule has 1 unspecified atom stereocenters. The Morgan fingerprint density at radius 3 is 2.55 bits per heavy atom. The van der Waals surface area contributed by atoms with Crippen LogP contribution in [-0.4, -0.2) is 90.9 Å². The zero-order valence-electron chi connectivity index (χ0n) is 21.6. The fraction of sp³-hybridized carbons (Fsp3) is 0.464. The van der Waals surface area contributed by atoms with E-state index in [0.717, 1.165) is 16.7 Å². The van der Waals surface area contributed by atoms with Gasteiger partial charge in [-0.05, 0) is 43.4 Å². The first-order chi connectivity index (χ1) is 18.2. The molecule has 2 aromatic carbocycles. The summed E-state index contributed by atoms with van der Waals surface area (Å²) in [5.41, 5.74) is 3.02. The van der Waals surface area contributed by atoms with Gasteiger partial charge in [-0.15, -0.1) is 11.8 Å². The number of carbonyl (C=O) groups is 3. The molecular formula is C28H34N4O5S. The predicted molar refractivity (Wildman–Crippen MR) is 144 cm³/mol. The first kappa shape index (κ1) is 26.5. The number of nitrogens with one attached hydrogen (secondary N) is 1. The Bertz CT molecular complexity index is 1210. The van der Waals surface area contributed by atoms with Crippen LogP contribution in [0.15, 0.2) is 54.6 Å². The van der Waals surface area contributed by atoms with Gasteiger partial charge in [0.1, 0.15) is 10.9 Å². The smallest absolute Gasteiger partial charge is 0.317 e. The minimum Gasteiger partial charge on any atom is -0.391 e. The Balaban J connectivity index is 1.31. The maximum Gasteiger partial charge on any atom is 0.317 e. The number of aryl methyl sites for hydroxylation is 1. The lowest BCUT2D eigenvalue weighted by Gasteiger charge is -2.53. The van der Waals surface area contributed by atoms with E-state index in [0.29, 0.717) is 19.5 Å². The normalized spacial score (nSPS) is 26.1. The van der Waals surface area contributed by atoms with Crippen LogP contribution in [0.3, 0.4) is 0 Å². The Labute approximate surface area is 226 Å². The number of aliphatic hydroxyl groups excluding tert-OH is 2. The van der Waals surface area contributed by atoms with E-state index in [1.165, 1.54) is 21.6 Å². The summed E-state index contributed by atoms with van der Waals surface area (Å²) in [6, 6.07) is 15.3. The molecule has 0 bridgehead atoms. The van der Waals surface area contributed by atoms with Crippen LogP contribution in [0.5, 0.6) is 0 Å². The van der Waals surface area contributed by atoms with E-state index in [9.17, 15) is 24.6 Å². The molecule has 0 aromatic heterocycles. The highest BCUT2D eigenvalue weighted by molar-refractivity contribution is 8.01. The maximum atomic E-state index is 13.6. The summed E-state index contributed by atoms with van der Waals surface area (Å²) in [5.74, 6) is -0.439. The molecule has 9 nitrogen and oxygen atoms in total. The quantitative estimate of drug-likeness (QED) is 0.463. The summed E-state index contributed by atoms with van der Waals surface area (Å²) in [6.45, 7) is 5.05. The molecule has 3 heterocycles. The molecule has 3 aliphatic heterocycles. The molecule has 0 spiro atoms. The third-order valence-electron chi connectivity index (χ3n) is 7.92. The number of urea groups is 1. The van der Waals surface area contributed by atoms with Crippen molar-refractivity contribution in [1.82, 2.24) is 20.0 Å². The van der Waals surface area contributed by atoms with Crippen LogP contribution in [0.4, 0.5) is 4.79 Å². The van der Waals surface area contributed by atoms with Crippen molar-refractivity contribution >= 4 is 29.6 Å². The summed E-state index contributed by atoms with van der Waals surface area (Å²) < 4.78 is 0. The number of carbonyl (C=O) groups excluding carboxylic acids is 3. The number of benzene rings is 2. The average molecular weight is 539 g/mol. The second-order valence-electron chi connectivity index (χ2n) is 10.5. The lowest BCUT2D eigenvalue weighted by Crippen LogP contribution is -2.73. The van der Waals surface area contributed by atoms with E-state index in [2.05, 4.69) is 5.32 Å². The lowest BCUT2D eigenvalue weighted by molar-refractivity contribution is -0.168. The van der Waals surface area contributed by atoms with Crippen LogP contribution in [0, 0.1) is 6.92 Å². The molecule has 202 valence electrons. The standard InChI is InChI=1S/C28H34N4O5S/c1-18-8-6-7-11-20(18)15-32-26(36)24-28(32,2)38-17-31(24)25(35)23(34)22(14-19-9-4-3-5-10-19)29-27(37)30-13-12-21(33)16-30/h3-11,21-24,33-34H,12-17H2,1-2H3,(H,29,37)/t21-,22+,23+,24?,28+/m1/s1. The van der Waals surface area contributed by atoms with Crippen molar-refractivity contribution in [2.45, 2.75) is 62.4 Å². The topological polar surface area (TPSA) is 113 Å². The molecule has 2 aromatic rings. The molecule has 0 saturated carbocycles. The molecule has 4 amide bonds. The fourth-order valence-corrected chi connectivity index (χ4v) is 6.92. The van der Waals surface area contributed by atoms with Gasteiger partial charge in [0.05, 0.1) is 18.0 Å². The van der Waals surface area contributed by atoms with Gasteiger partial charge >= 0.3 is 6.03 Å². The third kappa shape index (κ3) is 4.88. The van der Waals surface area contributed by atoms with Crippen molar-refractivity contribution in [2.75, 3.05) is 19.0 Å². The molecule has 10 heteroatoms. The number of fused-ring (bicyclic) bond motifs is 1. The van der Waals surface area contributed by atoms with Gasteiger partial charge in [0.15, 0.2) is 6.10 Å². The number of likely N-dealkylation sites (tertiary alicyclic amines) is 2. The zero-order chi connectivity index (χ0) is 27.0. The van der Waals surface area contributed by atoms with Crippen molar-refractivity contribution in [3.8, 4) is 0 Å². The van der Waals surface area contributed by atoms with Crippen LogP contribution in [0.1, 0.15) is 30.0 Å². The largest absolute Gasteiger partial charge is 0.391 e. The van der Waals surface area contributed by atoms with Gasteiger partial charge in [-0.1, -0.05) is 54.6 Å². The van der Waals surface area contributed by atoms with Gasteiger partial charge in [0.25, 0.3) is 5.91 Å². The van der Waals surface area contributed by atoms with E-state index in [1.807, 2.05) is 68.4 Å². The number of rotatable bonds is 7. The number of β-amino-alcohol motifs (C(OH)–C–C–N with tert-alkyl or cyclic N) is 1. The Kier molecular flexibility index (Phi) is 7.39. The van der Waals surface area contributed by atoms with Crippen LogP contribution >= 0.6 is 11.8 Å². The number of thioether (sulfide) groups is 1. The van der Waals surface area contributed by atoms with Gasteiger partial charge in [-0.2, -0.15) is 0 Å². The Hall–Kier alpha value is -3.08. The van der Waals surface area contributed by atoms with Crippen molar-refractivity contribution < 1.29 is 24.6 Å². The number of hydrogen-bond donors (Lipinski definition) is 3. The molecule has 3 N–H and O–H groups in total. The van der Waals surface area contributed by atoms with Gasteiger partial charge in [-0.25, -0.2) is 4.79 Å². The number of nitrogens with zero attached hydrogens (tertiary/aromatic N) is 3. The first-order valence-electron chi connectivity index (χ1n) is 12.9. The highest BCUT2D eigenvalue weighted by Gasteiger charge is 2.65. The van der Waals surface area contributed by atoms with Gasteiger partial charge in [-0.3, -0.25) is 9.59 Å². The summed E-state index contributed by atoms with van der Waals surface area (Å²) in [5, 5.41) is 23.9. The van der Waals surface area contributed by atoms with E-state index in [4.69, 9.17) is 0 Å². The minimum absolute atomic E-state index is 0.143. The number of aliphatic hydroxyl groups is 2. The lowest BCUT2D eigenvalue weighted by atomic mass is 9.91.